The lowest BCUT2D eigenvalue weighted by molar-refractivity contribution is -0.120. The van der Waals surface area contributed by atoms with Gasteiger partial charge >= 0.3 is 6.18 Å². The molecule has 0 aromatic heterocycles. The Morgan fingerprint density at radius 3 is 2.31 bits per heavy atom. The van der Waals surface area contributed by atoms with E-state index in [2.05, 4.69) is 10.3 Å². The summed E-state index contributed by atoms with van der Waals surface area (Å²) in [6.07, 6.45) is -5.23. The third kappa shape index (κ3) is 4.49. The quantitative estimate of drug-likeness (QED) is 0.676. The molecule has 0 radical (unpaired) electrons. The molecule has 0 unspecified atom stereocenters. The van der Waals surface area contributed by atoms with E-state index in [4.69, 9.17) is 0 Å². The van der Waals surface area contributed by atoms with Crippen LogP contribution in [0, 0.1) is 0 Å². The van der Waals surface area contributed by atoms with Crippen LogP contribution in [0.3, 0.4) is 0 Å². The first-order valence-corrected chi connectivity index (χ1v) is 3.71. The lowest BCUT2D eigenvalue weighted by Crippen LogP contribution is -2.31. The van der Waals surface area contributed by atoms with Crippen LogP contribution in [0.15, 0.2) is 4.99 Å². The molecule has 0 saturated carbocycles. The van der Waals surface area contributed by atoms with E-state index in [9.17, 15) is 18.0 Å². The van der Waals surface area contributed by atoms with Gasteiger partial charge in [-0.25, -0.2) is 0 Å². The van der Waals surface area contributed by atoms with Crippen LogP contribution in [0.1, 0.15) is 13.3 Å². The number of carbonyl (C=O) groups excluding carboxylic acids is 1. The van der Waals surface area contributed by atoms with E-state index in [-0.39, 0.29) is 0 Å². The molecule has 1 amide bonds. The number of halogens is 3. The molecule has 0 aliphatic carbocycles. The lowest BCUT2D eigenvalue weighted by Gasteiger charge is -2.08. The first kappa shape index (κ1) is 11.9. The van der Waals surface area contributed by atoms with Crippen LogP contribution in [0.2, 0.25) is 0 Å². The Labute approximate surface area is 74.0 Å². The highest BCUT2D eigenvalue weighted by Crippen LogP contribution is 2.19. The minimum atomic E-state index is -4.51. The average Bonchev–Trinajstić information content (AvgIpc) is 1.98. The van der Waals surface area contributed by atoms with Crippen molar-refractivity contribution >= 4 is 11.6 Å². The number of hydrogen-bond acceptors (Lipinski definition) is 2. The van der Waals surface area contributed by atoms with Gasteiger partial charge in [0.25, 0.3) is 0 Å². The Morgan fingerprint density at radius 1 is 1.46 bits per heavy atom. The highest BCUT2D eigenvalue weighted by atomic mass is 19.4. The van der Waals surface area contributed by atoms with Crippen LogP contribution in [0.4, 0.5) is 13.2 Å². The Hall–Kier alpha value is -1.07. The molecule has 0 aliphatic rings. The molecule has 6 heteroatoms. The van der Waals surface area contributed by atoms with Crippen LogP contribution in [-0.2, 0) is 4.79 Å². The number of amides is 1. The van der Waals surface area contributed by atoms with E-state index >= 15 is 0 Å². The monoisotopic (exact) mass is 196 g/mol. The predicted octanol–water partition coefficient (Wildman–Crippen LogP) is 1.15. The van der Waals surface area contributed by atoms with Gasteiger partial charge in [0.1, 0.15) is 5.71 Å². The topological polar surface area (TPSA) is 41.5 Å². The summed E-state index contributed by atoms with van der Waals surface area (Å²) < 4.78 is 36.0. The van der Waals surface area contributed by atoms with Gasteiger partial charge in [0.2, 0.25) is 5.91 Å². The molecule has 0 rings (SSSR count). The van der Waals surface area contributed by atoms with E-state index in [0.29, 0.717) is 6.54 Å². The van der Waals surface area contributed by atoms with Crippen molar-refractivity contribution in [1.82, 2.24) is 5.32 Å². The molecule has 13 heavy (non-hydrogen) atoms. The van der Waals surface area contributed by atoms with Gasteiger partial charge in [-0.1, -0.05) is 0 Å². The van der Waals surface area contributed by atoms with Gasteiger partial charge in [-0.15, -0.1) is 0 Å². The zero-order chi connectivity index (χ0) is 10.5. The molecular formula is C7H11F3N2O. The molecule has 0 bridgehead atoms. The number of nitrogens with one attached hydrogen (secondary N) is 1. The zero-order valence-electron chi connectivity index (χ0n) is 7.40. The summed E-state index contributed by atoms with van der Waals surface area (Å²) in [5, 5.41) is 2.26. The Balaban J connectivity index is 4.25. The molecule has 0 saturated heterocycles. The molecule has 0 aromatic rings. The summed E-state index contributed by atoms with van der Waals surface area (Å²) in [6.45, 7) is 1.95. The molecule has 0 heterocycles. The van der Waals surface area contributed by atoms with Crippen LogP contribution >= 0.6 is 0 Å². The second kappa shape index (κ2) is 4.84. The standard InChI is InChI=1S/C7H11F3N2O/c1-3-12-6(13)4-5(11-2)7(8,9)10/h3-4H2,1-2H3,(H,12,13). The minimum Gasteiger partial charge on any atom is -0.356 e. The number of carbonyl (C=O) groups is 1. The van der Waals surface area contributed by atoms with Gasteiger partial charge in [-0.2, -0.15) is 13.2 Å². The zero-order valence-corrected chi connectivity index (χ0v) is 7.40. The van der Waals surface area contributed by atoms with Crippen molar-refractivity contribution < 1.29 is 18.0 Å². The second-order valence-corrected chi connectivity index (χ2v) is 2.30. The van der Waals surface area contributed by atoms with Crippen LogP contribution in [-0.4, -0.2) is 31.4 Å². The molecule has 0 fully saturated rings. The maximum absolute atomic E-state index is 12.0. The van der Waals surface area contributed by atoms with Crippen molar-refractivity contribution in [3.8, 4) is 0 Å². The van der Waals surface area contributed by atoms with Gasteiger partial charge in [-0.05, 0) is 6.92 Å². The number of hydrogen-bond donors (Lipinski definition) is 1. The molecule has 0 aromatic carbocycles. The summed E-state index contributed by atoms with van der Waals surface area (Å²) in [5.41, 5.74) is -1.06. The summed E-state index contributed by atoms with van der Waals surface area (Å²) >= 11 is 0. The smallest absolute Gasteiger partial charge is 0.356 e. The number of alkyl halides is 3. The fourth-order valence-corrected chi connectivity index (χ4v) is 0.718. The van der Waals surface area contributed by atoms with Gasteiger partial charge < -0.3 is 5.32 Å². The molecule has 3 nitrogen and oxygen atoms in total. The van der Waals surface area contributed by atoms with Crippen molar-refractivity contribution in [3.63, 3.8) is 0 Å². The fourth-order valence-electron chi connectivity index (χ4n) is 0.718. The molecular weight excluding hydrogens is 185 g/mol. The number of nitrogens with zero attached hydrogens (tertiary/aromatic N) is 1. The van der Waals surface area contributed by atoms with Gasteiger partial charge in [0.15, 0.2) is 0 Å². The average molecular weight is 196 g/mol. The highest BCUT2D eigenvalue weighted by Gasteiger charge is 2.35. The van der Waals surface area contributed by atoms with Gasteiger partial charge in [0, 0.05) is 13.6 Å². The first-order chi connectivity index (χ1) is 5.91. The fraction of sp³-hybridized carbons (Fsp3) is 0.714. The van der Waals surface area contributed by atoms with Gasteiger partial charge in [-0.3, -0.25) is 9.79 Å². The first-order valence-electron chi connectivity index (χ1n) is 3.71. The van der Waals surface area contributed by atoms with Crippen LogP contribution < -0.4 is 5.32 Å². The van der Waals surface area contributed by atoms with E-state index in [1.807, 2.05) is 0 Å². The van der Waals surface area contributed by atoms with Crippen molar-refractivity contribution in [2.24, 2.45) is 4.99 Å². The molecule has 0 atom stereocenters. The van der Waals surface area contributed by atoms with Crippen molar-refractivity contribution in [2.75, 3.05) is 13.6 Å². The Morgan fingerprint density at radius 2 is 2.00 bits per heavy atom. The summed E-state index contributed by atoms with van der Waals surface area (Å²) in [6, 6.07) is 0. The molecule has 76 valence electrons. The largest absolute Gasteiger partial charge is 0.429 e. The highest BCUT2D eigenvalue weighted by molar-refractivity contribution is 6.03. The van der Waals surface area contributed by atoms with Crippen LogP contribution in [0.5, 0.6) is 0 Å². The maximum Gasteiger partial charge on any atom is 0.429 e. The van der Waals surface area contributed by atoms with E-state index in [1.165, 1.54) is 0 Å². The Bertz CT molecular complexity index is 210. The van der Waals surface area contributed by atoms with E-state index in [0.717, 1.165) is 7.05 Å². The SMILES string of the molecule is CCNC(=O)CC(=NC)C(F)(F)F. The Kier molecular flexibility index (Phi) is 4.44. The predicted molar refractivity (Wildman–Crippen MR) is 42.7 cm³/mol. The normalized spacial score (nSPS) is 12.8. The number of rotatable bonds is 3. The van der Waals surface area contributed by atoms with Gasteiger partial charge in [0.05, 0.1) is 6.42 Å². The van der Waals surface area contributed by atoms with E-state index in [1.54, 1.807) is 6.92 Å². The van der Waals surface area contributed by atoms with Crippen molar-refractivity contribution in [3.05, 3.63) is 0 Å². The number of aliphatic imine (C=N–C) groups is 1. The van der Waals surface area contributed by atoms with Crippen molar-refractivity contribution in [1.29, 1.82) is 0 Å². The third-order valence-corrected chi connectivity index (χ3v) is 1.30. The van der Waals surface area contributed by atoms with E-state index < -0.39 is 24.2 Å². The van der Waals surface area contributed by atoms with Crippen LogP contribution in [0.25, 0.3) is 0 Å². The lowest BCUT2D eigenvalue weighted by atomic mass is 10.2. The van der Waals surface area contributed by atoms with Crippen molar-refractivity contribution in [2.45, 2.75) is 19.5 Å². The molecule has 0 spiro atoms. The maximum atomic E-state index is 12.0. The summed E-state index contributed by atoms with van der Waals surface area (Å²) in [5.74, 6) is -0.666. The minimum absolute atomic E-state index is 0.313. The second-order valence-electron chi connectivity index (χ2n) is 2.30. The third-order valence-electron chi connectivity index (χ3n) is 1.30. The summed E-state index contributed by atoms with van der Waals surface area (Å²) in [7, 11) is 1.02. The molecule has 1 N–H and O–H groups in total. The molecule has 0 aliphatic heterocycles. The summed E-state index contributed by atoms with van der Waals surface area (Å²) in [4.78, 5) is 13.8.